The summed E-state index contributed by atoms with van der Waals surface area (Å²) in [5.74, 6) is -1.98. The number of hydrogen-bond donors (Lipinski definition) is 4. The smallest absolute Gasteiger partial charge is 0.328 e. The van der Waals surface area contributed by atoms with Gasteiger partial charge in [-0.3, -0.25) is 14.4 Å². The molecule has 1 aromatic carbocycles. The van der Waals surface area contributed by atoms with Gasteiger partial charge in [-0.25, -0.2) is 4.79 Å². The van der Waals surface area contributed by atoms with E-state index in [-0.39, 0.29) is 46.3 Å². The van der Waals surface area contributed by atoms with E-state index in [9.17, 15) is 24.3 Å². The molecule has 1 aliphatic rings. The lowest BCUT2D eigenvalue weighted by Gasteiger charge is -2.23. The van der Waals surface area contributed by atoms with E-state index < -0.39 is 17.9 Å². The molecule has 2 amide bonds. The highest BCUT2D eigenvalue weighted by molar-refractivity contribution is 6.39. The van der Waals surface area contributed by atoms with Gasteiger partial charge in [0.05, 0.1) is 27.9 Å². The summed E-state index contributed by atoms with van der Waals surface area (Å²) in [6, 6.07) is 4.71. The van der Waals surface area contributed by atoms with Crippen LogP contribution in [0, 0.1) is 0 Å². The number of ketones is 1. The molecule has 0 bridgehead atoms. The van der Waals surface area contributed by atoms with Crippen LogP contribution in [-0.2, 0) is 20.8 Å². The number of carbonyl (C=O) groups excluding carboxylic acids is 3. The van der Waals surface area contributed by atoms with Gasteiger partial charge in [-0.2, -0.15) is 0 Å². The Morgan fingerprint density at radius 1 is 1.19 bits per heavy atom. The zero-order valence-electron chi connectivity index (χ0n) is 19.4. The van der Waals surface area contributed by atoms with Crippen LogP contribution in [0.1, 0.15) is 47.4 Å². The largest absolute Gasteiger partial charge is 0.480 e. The van der Waals surface area contributed by atoms with Crippen molar-refractivity contribution in [1.82, 2.24) is 16.0 Å². The van der Waals surface area contributed by atoms with Crippen LogP contribution in [0.4, 0.5) is 0 Å². The standard InChI is InChI=1S/C25H27Cl2N3O6/c26-18-12-15(6-7-16(31)8-9-17-4-3-11-36-17)13-19(27)22(18)24(33)30-21(25(34)35)14-29-23(32)20-5-1-2-10-28-20/h3-4,8-9,11-13,20-21,28H,1-2,5-7,10,14H2,(H,29,32)(H,30,33)(H,34,35)/b9-8+/t20-,21-/m0/s1. The van der Waals surface area contributed by atoms with Gasteiger partial charge in [-0.15, -0.1) is 0 Å². The van der Waals surface area contributed by atoms with Crippen LogP contribution in [-0.4, -0.2) is 53.8 Å². The molecular weight excluding hydrogens is 509 g/mol. The van der Waals surface area contributed by atoms with Crippen LogP contribution in [0.5, 0.6) is 0 Å². The number of carboxylic acids is 1. The number of halogens is 2. The third kappa shape index (κ3) is 7.94. The number of amides is 2. The van der Waals surface area contributed by atoms with Gasteiger partial charge in [0.1, 0.15) is 11.8 Å². The zero-order chi connectivity index (χ0) is 26.1. The SMILES string of the molecule is O=C(/C=C/c1ccco1)CCc1cc(Cl)c(C(=O)N[C@@H](CNC(=O)[C@@H]2CCCCN2)C(=O)O)c(Cl)c1. The van der Waals surface area contributed by atoms with Gasteiger partial charge < -0.3 is 25.5 Å². The Labute approximate surface area is 218 Å². The van der Waals surface area contributed by atoms with Crippen molar-refractivity contribution in [3.05, 3.63) is 63.5 Å². The highest BCUT2D eigenvalue weighted by Crippen LogP contribution is 2.27. The van der Waals surface area contributed by atoms with Crippen molar-refractivity contribution < 1.29 is 28.7 Å². The molecule has 192 valence electrons. The number of carbonyl (C=O) groups is 4. The second kappa shape index (κ2) is 13.2. The Morgan fingerprint density at radius 3 is 2.56 bits per heavy atom. The summed E-state index contributed by atoms with van der Waals surface area (Å²) in [6.45, 7) is 0.430. The highest BCUT2D eigenvalue weighted by Gasteiger charge is 2.26. The van der Waals surface area contributed by atoms with Gasteiger partial charge in [0, 0.05) is 13.0 Å². The number of furan rings is 1. The van der Waals surface area contributed by atoms with Crippen LogP contribution in [0.3, 0.4) is 0 Å². The average Bonchev–Trinajstić information content (AvgIpc) is 3.37. The zero-order valence-corrected chi connectivity index (χ0v) is 20.9. The Balaban J connectivity index is 1.57. The van der Waals surface area contributed by atoms with Gasteiger partial charge >= 0.3 is 5.97 Å². The summed E-state index contributed by atoms with van der Waals surface area (Å²) in [6.07, 6.45) is 7.58. The van der Waals surface area contributed by atoms with E-state index in [4.69, 9.17) is 27.6 Å². The lowest BCUT2D eigenvalue weighted by atomic mass is 10.0. The number of rotatable bonds is 11. The summed E-state index contributed by atoms with van der Waals surface area (Å²) in [7, 11) is 0. The minimum absolute atomic E-state index is 0.0214. The third-order valence-electron chi connectivity index (χ3n) is 5.68. The number of allylic oxidation sites excluding steroid dienone is 1. The number of aryl methyl sites for hydroxylation is 1. The molecule has 1 fully saturated rings. The highest BCUT2D eigenvalue weighted by atomic mass is 35.5. The molecule has 0 unspecified atom stereocenters. The first-order chi connectivity index (χ1) is 17.2. The number of hydrogen-bond acceptors (Lipinski definition) is 6. The second-order valence-corrected chi connectivity index (χ2v) is 9.18. The van der Waals surface area contributed by atoms with E-state index in [1.807, 2.05) is 0 Å². The Morgan fingerprint density at radius 2 is 1.94 bits per heavy atom. The fourth-order valence-corrected chi connectivity index (χ4v) is 4.43. The number of piperidine rings is 1. The van der Waals surface area contributed by atoms with E-state index in [0.29, 0.717) is 24.2 Å². The molecule has 2 heterocycles. The maximum Gasteiger partial charge on any atom is 0.328 e. The molecule has 1 saturated heterocycles. The summed E-state index contributed by atoms with van der Waals surface area (Å²) in [5.41, 5.74) is 0.556. The van der Waals surface area contributed by atoms with Gasteiger partial charge in [-0.05, 0) is 67.8 Å². The van der Waals surface area contributed by atoms with Crippen LogP contribution >= 0.6 is 23.2 Å². The maximum absolute atomic E-state index is 12.8. The monoisotopic (exact) mass is 535 g/mol. The van der Waals surface area contributed by atoms with E-state index in [2.05, 4.69) is 16.0 Å². The molecular formula is C25H27Cl2N3O6. The van der Waals surface area contributed by atoms with Gasteiger partial charge in [0.15, 0.2) is 5.78 Å². The van der Waals surface area contributed by atoms with Gasteiger partial charge in [0.25, 0.3) is 5.91 Å². The third-order valence-corrected chi connectivity index (χ3v) is 6.27. The van der Waals surface area contributed by atoms with Crippen LogP contribution < -0.4 is 16.0 Å². The summed E-state index contributed by atoms with van der Waals surface area (Å²) in [4.78, 5) is 48.8. The molecule has 1 aliphatic heterocycles. The minimum atomic E-state index is -1.38. The first kappa shape index (κ1) is 27.4. The molecule has 3 rings (SSSR count). The maximum atomic E-state index is 12.8. The molecule has 4 N–H and O–H groups in total. The van der Waals surface area contributed by atoms with E-state index in [1.165, 1.54) is 24.5 Å². The summed E-state index contributed by atoms with van der Waals surface area (Å²) in [5, 5.41) is 17.6. The first-order valence-electron chi connectivity index (χ1n) is 11.5. The predicted molar refractivity (Wildman–Crippen MR) is 135 cm³/mol. The van der Waals surface area contributed by atoms with Crippen molar-refractivity contribution in [2.45, 2.75) is 44.2 Å². The first-order valence-corrected chi connectivity index (χ1v) is 12.3. The Bertz CT molecular complexity index is 1100. The predicted octanol–water partition coefficient (Wildman–Crippen LogP) is 3.24. The number of benzene rings is 1. The fraction of sp³-hybridized carbons (Fsp3) is 0.360. The Hall–Kier alpha value is -3.14. The minimum Gasteiger partial charge on any atom is -0.480 e. The molecule has 2 atom stereocenters. The molecule has 9 nitrogen and oxygen atoms in total. The quantitative estimate of drug-likeness (QED) is 0.324. The van der Waals surface area contributed by atoms with Crippen LogP contribution in [0.2, 0.25) is 10.0 Å². The lowest BCUT2D eigenvalue weighted by Crippen LogP contribution is -2.53. The van der Waals surface area contributed by atoms with Crippen LogP contribution in [0.25, 0.3) is 6.08 Å². The van der Waals surface area contributed by atoms with E-state index in [1.54, 1.807) is 18.2 Å². The topological polar surface area (TPSA) is 138 Å². The molecule has 11 heteroatoms. The second-order valence-electron chi connectivity index (χ2n) is 8.36. The summed E-state index contributed by atoms with van der Waals surface area (Å²) >= 11 is 12.6. The van der Waals surface area contributed by atoms with E-state index >= 15 is 0 Å². The molecule has 0 spiro atoms. The van der Waals surface area contributed by atoms with Crippen molar-refractivity contribution in [2.75, 3.05) is 13.1 Å². The van der Waals surface area contributed by atoms with E-state index in [0.717, 1.165) is 19.4 Å². The van der Waals surface area contributed by atoms with Crippen molar-refractivity contribution in [3.8, 4) is 0 Å². The van der Waals surface area contributed by atoms with Crippen molar-refractivity contribution in [1.29, 1.82) is 0 Å². The lowest BCUT2D eigenvalue weighted by molar-refractivity contribution is -0.139. The number of carboxylic acid groups (broad SMARTS) is 1. The molecule has 2 aromatic rings. The number of aliphatic carboxylic acids is 1. The molecule has 0 saturated carbocycles. The number of nitrogens with one attached hydrogen (secondary N) is 3. The molecule has 36 heavy (non-hydrogen) atoms. The van der Waals surface area contributed by atoms with Crippen LogP contribution in [0.15, 0.2) is 41.0 Å². The average molecular weight is 536 g/mol. The van der Waals surface area contributed by atoms with Crippen molar-refractivity contribution >= 4 is 52.8 Å². The summed E-state index contributed by atoms with van der Waals surface area (Å²) < 4.78 is 5.14. The molecule has 1 aromatic heterocycles. The normalized spacial score (nSPS) is 16.4. The fourth-order valence-electron chi connectivity index (χ4n) is 3.73. The Kier molecular flexibility index (Phi) is 10.1. The van der Waals surface area contributed by atoms with Gasteiger partial charge in [0.2, 0.25) is 5.91 Å². The van der Waals surface area contributed by atoms with Crippen molar-refractivity contribution in [3.63, 3.8) is 0 Å². The molecule has 0 radical (unpaired) electrons. The van der Waals surface area contributed by atoms with Gasteiger partial charge in [-0.1, -0.05) is 29.6 Å². The van der Waals surface area contributed by atoms with Crippen molar-refractivity contribution in [2.24, 2.45) is 0 Å². The molecule has 0 aliphatic carbocycles.